The summed E-state index contributed by atoms with van der Waals surface area (Å²) in [7, 11) is -5.39. The maximum atomic E-state index is 6.96. The number of amidine groups is 2. The normalized spacial score (nSPS) is 16.3. The van der Waals surface area contributed by atoms with Gasteiger partial charge in [0.2, 0.25) is 0 Å². The lowest BCUT2D eigenvalue weighted by molar-refractivity contribution is 0.213. The van der Waals surface area contributed by atoms with E-state index in [1.165, 1.54) is 12.4 Å². The van der Waals surface area contributed by atoms with Gasteiger partial charge in [0.15, 0.2) is 23.2 Å². The minimum Gasteiger partial charge on any atom is -0.453 e. The van der Waals surface area contributed by atoms with E-state index in [0.717, 1.165) is 0 Å². The van der Waals surface area contributed by atoms with Gasteiger partial charge in [-0.3, -0.25) is 9.97 Å². The maximum Gasteiger partial charge on any atom is 0.171 e. The topological polar surface area (TPSA) is 134 Å². The van der Waals surface area contributed by atoms with Crippen molar-refractivity contribution >= 4 is 11.7 Å². The van der Waals surface area contributed by atoms with E-state index in [9.17, 15) is 0 Å². The molecule has 9 nitrogen and oxygen atoms in total. The summed E-state index contributed by atoms with van der Waals surface area (Å²) >= 11 is 0. The molecule has 138 valence electrons. The summed E-state index contributed by atoms with van der Waals surface area (Å²) in [6.45, 7) is 0. The van der Waals surface area contributed by atoms with Crippen LogP contribution in [-0.2, 0) is 9.68 Å². The third-order valence-electron chi connectivity index (χ3n) is 3.52. The Kier molecular flexibility index (Phi) is 3.46. The van der Waals surface area contributed by atoms with Crippen molar-refractivity contribution in [3.05, 3.63) is 59.9 Å². The average Bonchev–Trinajstić information content (AvgIpc) is 3.25. The molecule has 0 fully saturated rings. The average molecular weight is 372 g/mol. The summed E-state index contributed by atoms with van der Waals surface area (Å²) in [5, 5.41) is 6.72. The maximum absolute atomic E-state index is 6.96. The van der Waals surface area contributed by atoms with E-state index in [2.05, 4.69) is 30.0 Å². The first-order valence-corrected chi connectivity index (χ1v) is 7.48. The Balaban J connectivity index is 1.72. The molecular weight excluding hydrogens is 348 g/mol. The fraction of sp³-hybridized carbons (Fsp3) is 0.111. The van der Waals surface area contributed by atoms with Crippen LogP contribution in [0.1, 0.15) is 19.4 Å². The number of hydrogen-bond donors (Lipinski definition) is 2. The molecule has 27 heavy (non-hydrogen) atoms. The summed E-state index contributed by atoms with van der Waals surface area (Å²) in [6.07, 6.45) is 2.80. The third kappa shape index (κ3) is 4.03. The molecule has 3 aromatic rings. The number of oxime groups is 2. The lowest BCUT2D eigenvalue weighted by Crippen LogP contribution is -2.13. The van der Waals surface area contributed by atoms with Crippen LogP contribution in [-0.4, -0.2) is 35.7 Å². The molecule has 0 spiro atoms. The van der Waals surface area contributed by atoms with E-state index in [0.29, 0.717) is 34.0 Å². The van der Waals surface area contributed by atoms with Gasteiger partial charge in [-0.25, -0.2) is 0 Å². The highest BCUT2D eigenvalue weighted by molar-refractivity contribution is 5.97. The number of rotatable bonds is 6. The molecule has 0 unspecified atom stereocenters. The first kappa shape index (κ1) is 11.7. The molecule has 0 aliphatic rings. The Morgan fingerprint density at radius 3 is 1.70 bits per heavy atom. The molecule has 0 saturated heterocycles. The number of nitrogens with two attached hydrogens (primary N) is 2. The molecule has 0 aliphatic carbocycles. The number of pyridine rings is 2. The SMILES string of the molecule is [2H]C([2H])([2H])O/N=C(/N)c1ccc(-c2ccc(-c3ccc(/C(N)=N\OC([2H])([2H])[2H])cn3)o2)nc1. The number of nitrogens with zero attached hydrogens (tertiary/aromatic N) is 4. The fourth-order valence-corrected chi connectivity index (χ4v) is 2.20. The number of aromatic nitrogens is 2. The standard InChI is InChI=1S/C18H18N6O3/c1-25-23-17(19)11-3-5-13(21-9-11)15-7-8-16(27-15)14-6-4-12(10-22-14)18(20)24-26-2/h3-10H,1-2H3,(H2,19,23)(H2,20,24)/i1D3,2D3. The molecule has 3 aromatic heterocycles. The zero-order valence-electron chi connectivity index (χ0n) is 19.8. The van der Waals surface area contributed by atoms with Crippen LogP contribution < -0.4 is 11.5 Å². The molecule has 3 heterocycles. The molecule has 0 bridgehead atoms. The zero-order valence-corrected chi connectivity index (χ0v) is 13.8. The van der Waals surface area contributed by atoms with E-state index < -0.39 is 14.1 Å². The Hall–Kier alpha value is -3.88. The van der Waals surface area contributed by atoms with Crippen molar-refractivity contribution in [3.63, 3.8) is 0 Å². The molecule has 4 N–H and O–H groups in total. The van der Waals surface area contributed by atoms with Gasteiger partial charge in [-0.1, -0.05) is 10.3 Å². The molecule has 0 radical (unpaired) electrons. The van der Waals surface area contributed by atoms with E-state index in [1.807, 2.05) is 0 Å². The highest BCUT2D eigenvalue weighted by atomic mass is 16.6. The second-order valence-corrected chi connectivity index (χ2v) is 5.16. The van der Waals surface area contributed by atoms with Gasteiger partial charge in [-0.2, -0.15) is 0 Å². The Labute approximate surface area is 163 Å². The summed E-state index contributed by atoms with van der Waals surface area (Å²) in [6, 6.07) is 9.80. The molecule has 0 aromatic carbocycles. The number of hydrogen-bond acceptors (Lipinski definition) is 7. The summed E-state index contributed by atoms with van der Waals surface area (Å²) in [5.74, 6) is 0.621. The van der Waals surface area contributed by atoms with Crippen LogP contribution in [0.25, 0.3) is 22.9 Å². The van der Waals surface area contributed by atoms with Gasteiger partial charge >= 0.3 is 0 Å². The van der Waals surface area contributed by atoms with Gasteiger partial charge in [0.1, 0.15) is 25.5 Å². The van der Waals surface area contributed by atoms with Gasteiger partial charge in [-0.15, -0.1) is 0 Å². The minimum atomic E-state index is -2.70. The van der Waals surface area contributed by atoms with Crippen molar-refractivity contribution in [2.45, 2.75) is 0 Å². The fourth-order valence-electron chi connectivity index (χ4n) is 2.20. The van der Waals surface area contributed by atoms with Crippen LogP contribution in [0, 0.1) is 0 Å². The molecule has 0 amide bonds. The highest BCUT2D eigenvalue weighted by Crippen LogP contribution is 2.26. The lowest BCUT2D eigenvalue weighted by Gasteiger charge is -2.02. The van der Waals surface area contributed by atoms with Crippen LogP contribution in [0.5, 0.6) is 0 Å². The molecule has 0 atom stereocenters. The molecule has 0 saturated carbocycles. The summed E-state index contributed by atoms with van der Waals surface area (Å²) in [5.41, 5.74) is 13.1. The Bertz CT molecular complexity index is 1060. The van der Waals surface area contributed by atoms with Gasteiger partial charge in [0, 0.05) is 23.5 Å². The summed E-state index contributed by atoms with van der Waals surface area (Å²) in [4.78, 5) is 17.1. The van der Waals surface area contributed by atoms with Crippen molar-refractivity contribution in [3.8, 4) is 22.9 Å². The monoisotopic (exact) mass is 372 g/mol. The first-order valence-electron chi connectivity index (χ1n) is 10.5. The third-order valence-corrected chi connectivity index (χ3v) is 3.52. The predicted molar refractivity (Wildman–Crippen MR) is 101 cm³/mol. The van der Waals surface area contributed by atoms with E-state index in [1.54, 1.807) is 36.4 Å². The van der Waals surface area contributed by atoms with Crippen LogP contribution in [0.3, 0.4) is 0 Å². The van der Waals surface area contributed by atoms with Crippen LogP contribution in [0.2, 0.25) is 0 Å². The van der Waals surface area contributed by atoms with Crippen molar-refractivity contribution in [2.75, 3.05) is 14.1 Å². The smallest absolute Gasteiger partial charge is 0.171 e. The second-order valence-electron chi connectivity index (χ2n) is 5.16. The van der Waals surface area contributed by atoms with E-state index in [4.69, 9.17) is 24.1 Å². The van der Waals surface area contributed by atoms with Crippen molar-refractivity contribution in [1.82, 2.24) is 9.97 Å². The van der Waals surface area contributed by atoms with Gasteiger partial charge in [0.25, 0.3) is 0 Å². The van der Waals surface area contributed by atoms with E-state index in [-0.39, 0.29) is 11.7 Å². The van der Waals surface area contributed by atoms with Crippen LogP contribution in [0.15, 0.2) is 63.5 Å². The highest BCUT2D eigenvalue weighted by Gasteiger charge is 2.10. The second kappa shape index (κ2) is 8.00. The Morgan fingerprint density at radius 2 is 1.33 bits per heavy atom. The molecular formula is C18H18N6O3. The molecule has 3 rings (SSSR count). The van der Waals surface area contributed by atoms with Crippen molar-refractivity contribution < 1.29 is 22.3 Å². The molecule has 0 aliphatic heterocycles. The van der Waals surface area contributed by atoms with Crippen LogP contribution >= 0.6 is 0 Å². The largest absolute Gasteiger partial charge is 0.453 e. The minimum absolute atomic E-state index is 0.137. The quantitative estimate of drug-likeness (QED) is 0.383. The van der Waals surface area contributed by atoms with Crippen LogP contribution in [0.4, 0.5) is 0 Å². The van der Waals surface area contributed by atoms with Crippen molar-refractivity contribution in [1.29, 1.82) is 0 Å². The first-order chi connectivity index (χ1) is 15.4. The van der Waals surface area contributed by atoms with Gasteiger partial charge < -0.3 is 25.6 Å². The lowest BCUT2D eigenvalue weighted by atomic mass is 10.2. The van der Waals surface area contributed by atoms with E-state index >= 15 is 0 Å². The van der Waals surface area contributed by atoms with Crippen molar-refractivity contribution in [2.24, 2.45) is 21.8 Å². The molecule has 9 heteroatoms. The number of furan rings is 1. The zero-order chi connectivity index (χ0) is 24.2. The Morgan fingerprint density at radius 1 is 0.852 bits per heavy atom. The van der Waals surface area contributed by atoms with Gasteiger partial charge in [-0.05, 0) is 36.4 Å². The summed E-state index contributed by atoms with van der Waals surface area (Å²) < 4.78 is 47.5. The predicted octanol–water partition coefficient (Wildman–Crippen LogP) is 1.94. The van der Waals surface area contributed by atoms with Gasteiger partial charge in [0.05, 0.1) is 8.22 Å².